The number of nitrogens with zero attached hydrogens (tertiary/aromatic N) is 1. The fraction of sp³-hybridized carbons (Fsp3) is 0.391. The van der Waals surface area contributed by atoms with E-state index in [0.717, 1.165) is 5.56 Å². The molecule has 2 atom stereocenters. The summed E-state index contributed by atoms with van der Waals surface area (Å²) in [4.78, 5) is 27.3. The third-order valence-electron chi connectivity index (χ3n) is 6.01. The largest absolute Gasteiger partial charge is 0.348 e. The van der Waals surface area contributed by atoms with Crippen LogP contribution in [-0.4, -0.2) is 44.3 Å². The van der Waals surface area contributed by atoms with Crippen LogP contribution in [0.4, 0.5) is 10.1 Å². The Morgan fingerprint density at radius 3 is 2.15 bits per heavy atom. The van der Waals surface area contributed by atoms with Gasteiger partial charge in [-0.1, -0.05) is 12.1 Å². The molecular formula is C23H29FN4O4S. The summed E-state index contributed by atoms with van der Waals surface area (Å²) in [6.45, 7) is 4.88. The van der Waals surface area contributed by atoms with Crippen molar-refractivity contribution in [3.63, 3.8) is 0 Å². The van der Waals surface area contributed by atoms with Crippen LogP contribution in [0, 0.1) is 11.7 Å². The monoisotopic (exact) mass is 476 g/mol. The Labute approximate surface area is 193 Å². The molecule has 0 aliphatic carbocycles. The van der Waals surface area contributed by atoms with E-state index in [0.29, 0.717) is 31.6 Å². The number of nitrogens with one attached hydrogen (secondary N) is 2. The van der Waals surface area contributed by atoms with E-state index in [9.17, 15) is 22.4 Å². The van der Waals surface area contributed by atoms with Crippen LogP contribution in [0.1, 0.15) is 38.3 Å². The van der Waals surface area contributed by atoms with Crippen LogP contribution in [-0.2, 0) is 19.6 Å². The number of carbonyl (C=O) groups is 2. The number of anilines is 1. The van der Waals surface area contributed by atoms with Crippen LogP contribution < -0.4 is 15.8 Å². The second kappa shape index (κ2) is 10.4. The molecule has 0 bridgehead atoms. The number of sulfonamides is 1. The Bertz CT molecular complexity index is 1080. The van der Waals surface area contributed by atoms with Gasteiger partial charge in [0, 0.05) is 11.6 Å². The van der Waals surface area contributed by atoms with Gasteiger partial charge in [-0.15, -0.1) is 0 Å². The maximum Gasteiger partial charge on any atom is 0.238 e. The van der Waals surface area contributed by atoms with Gasteiger partial charge in [-0.3, -0.25) is 14.5 Å². The maximum absolute atomic E-state index is 13.1. The molecule has 0 spiro atoms. The average Bonchev–Trinajstić information content (AvgIpc) is 2.78. The molecule has 0 radical (unpaired) electrons. The van der Waals surface area contributed by atoms with Crippen molar-refractivity contribution in [1.29, 1.82) is 0 Å². The van der Waals surface area contributed by atoms with Gasteiger partial charge >= 0.3 is 0 Å². The number of amides is 2. The highest BCUT2D eigenvalue weighted by molar-refractivity contribution is 7.89. The Kier molecular flexibility index (Phi) is 7.83. The highest BCUT2D eigenvalue weighted by atomic mass is 32.2. The lowest BCUT2D eigenvalue weighted by molar-refractivity contribution is -0.127. The molecule has 0 saturated carbocycles. The molecule has 1 heterocycles. The zero-order valence-electron chi connectivity index (χ0n) is 18.6. The molecule has 1 fully saturated rings. The number of hydrogen-bond donors (Lipinski definition) is 3. The zero-order valence-corrected chi connectivity index (χ0v) is 19.4. The van der Waals surface area contributed by atoms with E-state index in [2.05, 4.69) is 10.6 Å². The van der Waals surface area contributed by atoms with Crippen LogP contribution in [0.25, 0.3) is 0 Å². The first-order chi connectivity index (χ1) is 15.5. The quantitative estimate of drug-likeness (QED) is 0.567. The molecule has 2 aromatic rings. The summed E-state index contributed by atoms with van der Waals surface area (Å²) >= 11 is 0. The summed E-state index contributed by atoms with van der Waals surface area (Å²) in [6, 6.07) is 11.1. The third-order valence-corrected chi connectivity index (χ3v) is 6.94. The standard InChI is InChI=1S/C23H29FN4O4S/c1-15(17-3-5-19(24)6-4-17)26-22(29)16(2)28-13-11-18(12-14-28)23(30)27-20-7-9-21(10-8-20)33(25,31)32/h3-10,15-16,18H,11-14H2,1-2H3,(H,26,29)(H,27,30)(H2,25,31,32)/t15-,16+/m1/s1. The molecule has 3 rings (SSSR count). The van der Waals surface area contributed by atoms with Crippen molar-refractivity contribution >= 4 is 27.5 Å². The van der Waals surface area contributed by atoms with Gasteiger partial charge in [-0.05, 0) is 81.7 Å². The van der Waals surface area contributed by atoms with Crippen LogP contribution in [0.15, 0.2) is 53.4 Å². The fourth-order valence-corrected chi connectivity index (χ4v) is 4.37. The number of benzene rings is 2. The van der Waals surface area contributed by atoms with E-state index >= 15 is 0 Å². The van der Waals surface area contributed by atoms with Crippen LogP contribution in [0.5, 0.6) is 0 Å². The SMILES string of the molecule is C[C@@H](NC(=O)[C@H](C)N1CCC(C(=O)Nc2ccc(S(N)(=O)=O)cc2)CC1)c1ccc(F)cc1. The zero-order chi connectivity index (χ0) is 24.2. The van der Waals surface area contributed by atoms with Crippen molar-refractivity contribution in [2.45, 2.75) is 43.7 Å². The Morgan fingerprint density at radius 2 is 1.61 bits per heavy atom. The second-order valence-corrected chi connectivity index (χ2v) is 9.89. The Morgan fingerprint density at radius 1 is 1.03 bits per heavy atom. The third kappa shape index (κ3) is 6.59. The van der Waals surface area contributed by atoms with Crippen LogP contribution in [0.2, 0.25) is 0 Å². The van der Waals surface area contributed by atoms with E-state index in [1.165, 1.54) is 36.4 Å². The van der Waals surface area contributed by atoms with Crippen molar-refractivity contribution in [2.24, 2.45) is 11.1 Å². The summed E-state index contributed by atoms with van der Waals surface area (Å²) in [5.74, 6) is -0.782. The average molecular weight is 477 g/mol. The summed E-state index contributed by atoms with van der Waals surface area (Å²) in [5.41, 5.74) is 1.32. The minimum Gasteiger partial charge on any atom is -0.348 e. The lowest BCUT2D eigenvalue weighted by atomic mass is 9.94. The number of likely N-dealkylation sites (tertiary alicyclic amines) is 1. The number of carbonyl (C=O) groups excluding carboxylic acids is 2. The number of hydrogen-bond acceptors (Lipinski definition) is 5. The van der Waals surface area contributed by atoms with E-state index < -0.39 is 10.0 Å². The van der Waals surface area contributed by atoms with Gasteiger partial charge in [-0.2, -0.15) is 0 Å². The van der Waals surface area contributed by atoms with Gasteiger partial charge in [-0.25, -0.2) is 17.9 Å². The lowest BCUT2D eigenvalue weighted by Crippen LogP contribution is -2.49. The highest BCUT2D eigenvalue weighted by Gasteiger charge is 2.30. The first-order valence-electron chi connectivity index (χ1n) is 10.8. The van der Waals surface area contributed by atoms with Gasteiger partial charge < -0.3 is 10.6 Å². The van der Waals surface area contributed by atoms with E-state index in [-0.39, 0.29) is 40.5 Å². The maximum atomic E-state index is 13.1. The molecule has 1 aliphatic rings. The molecule has 4 N–H and O–H groups in total. The number of primary sulfonamides is 1. The fourth-order valence-electron chi connectivity index (χ4n) is 3.86. The molecule has 2 aromatic carbocycles. The lowest BCUT2D eigenvalue weighted by Gasteiger charge is -2.35. The second-order valence-electron chi connectivity index (χ2n) is 8.33. The normalized spacial score (nSPS) is 17.2. The molecule has 0 aromatic heterocycles. The predicted octanol–water partition coefficient (Wildman–Crippen LogP) is 2.39. The number of rotatable bonds is 7. The topological polar surface area (TPSA) is 122 Å². The first-order valence-corrected chi connectivity index (χ1v) is 12.3. The van der Waals surface area contributed by atoms with E-state index in [1.54, 1.807) is 12.1 Å². The smallest absolute Gasteiger partial charge is 0.238 e. The van der Waals surface area contributed by atoms with E-state index in [4.69, 9.17) is 5.14 Å². The number of nitrogens with two attached hydrogens (primary N) is 1. The number of piperidine rings is 1. The first kappa shape index (κ1) is 24.8. The molecule has 33 heavy (non-hydrogen) atoms. The Balaban J connectivity index is 1.48. The number of halogens is 1. The summed E-state index contributed by atoms with van der Waals surface area (Å²) < 4.78 is 35.8. The molecule has 178 valence electrons. The minimum atomic E-state index is -3.78. The highest BCUT2D eigenvalue weighted by Crippen LogP contribution is 2.22. The molecule has 10 heteroatoms. The van der Waals surface area contributed by atoms with Crippen molar-refractivity contribution < 1.29 is 22.4 Å². The summed E-state index contributed by atoms with van der Waals surface area (Å²) in [7, 11) is -3.78. The van der Waals surface area contributed by atoms with E-state index in [1.807, 2.05) is 18.7 Å². The molecule has 1 saturated heterocycles. The van der Waals surface area contributed by atoms with Crippen molar-refractivity contribution in [3.8, 4) is 0 Å². The molecule has 1 aliphatic heterocycles. The predicted molar refractivity (Wildman–Crippen MR) is 123 cm³/mol. The molecular weight excluding hydrogens is 447 g/mol. The minimum absolute atomic E-state index is 0.0187. The van der Waals surface area contributed by atoms with Gasteiger partial charge in [0.2, 0.25) is 21.8 Å². The van der Waals surface area contributed by atoms with Gasteiger partial charge in [0.15, 0.2) is 0 Å². The van der Waals surface area contributed by atoms with Gasteiger partial charge in [0.1, 0.15) is 5.82 Å². The van der Waals surface area contributed by atoms with Gasteiger partial charge in [0.25, 0.3) is 0 Å². The molecule has 2 amide bonds. The van der Waals surface area contributed by atoms with Crippen LogP contribution >= 0.6 is 0 Å². The van der Waals surface area contributed by atoms with Crippen molar-refractivity contribution in [3.05, 3.63) is 59.9 Å². The van der Waals surface area contributed by atoms with Crippen LogP contribution in [0.3, 0.4) is 0 Å². The van der Waals surface area contributed by atoms with Crippen molar-refractivity contribution in [2.75, 3.05) is 18.4 Å². The molecule has 8 nitrogen and oxygen atoms in total. The summed E-state index contributed by atoms with van der Waals surface area (Å²) in [6.07, 6.45) is 1.21. The molecule has 0 unspecified atom stereocenters. The summed E-state index contributed by atoms with van der Waals surface area (Å²) in [5, 5.41) is 10.8. The van der Waals surface area contributed by atoms with Crippen molar-refractivity contribution in [1.82, 2.24) is 10.2 Å². The van der Waals surface area contributed by atoms with Gasteiger partial charge in [0.05, 0.1) is 17.0 Å². The Hall–Kier alpha value is -2.82.